The second-order valence-corrected chi connectivity index (χ2v) is 8.84. The van der Waals surface area contributed by atoms with E-state index in [2.05, 4.69) is 29.7 Å². The Hall–Kier alpha value is -3.78. The van der Waals surface area contributed by atoms with E-state index < -0.39 is 35.3 Å². The number of carbonyl (C=O) groups is 1. The average molecular weight is 494 g/mol. The molecule has 10 nitrogen and oxygen atoms in total. The van der Waals surface area contributed by atoms with Gasteiger partial charge in [0.2, 0.25) is 10.0 Å². The van der Waals surface area contributed by atoms with Crippen LogP contribution in [0.1, 0.15) is 5.69 Å². The zero-order chi connectivity index (χ0) is 24.3. The van der Waals surface area contributed by atoms with Crippen LogP contribution in [0.4, 0.5) is 13.2 Å². The largest absolute Gasteiger partial charge is 0.490 e. The molecule has 0 aliphatic carbocycles. The Labute approximate surface area is 190 Å². The highest BCUT2D eigenvalue weighted by molar-refractivity contribution is 7.89. The van der Waals surface area contributed by atoms with Gasteiger partial charge in [-0.15, -0.1) is 5.10 Å². The Kier molecular flexibility index (Phi) is 6.34. The van der Waals surface area contributed by atoms with Crippen LogP contribution in [0.2, 0.25) is 0 Å². The summed E-state index contributed by atoms with van der Waals surface area (Å²) in [7, 11) is -4.02. The van der Waals surface area contributed by atoms with Gasteiger partial charge in [-0.1, -0.05) is 17.3 Å². The fourth-order valence-corrected chi connectivity index (χ4v) is 4.22. The topological polar surface area (TPSA) is 132 Å². The molecule has 4 rings (SSSR count). The lowest BCUT2D eigenvalue weighted by atomic mass is 10.0. The lowest BCUT2D eigenvalue weighted by molar-refractivity contribution is -0.199. The summed E-state index contributed by atoms with van der Waals surface area (Å²) in [4.78, 5) is 18.1. The first kappa shape index (κ1) is 23.4. The number of hydrogen-bond donors (Lipinski definition) is 2. The molecule has 3 aromatic heterocycles. The highest BCUT2D eigenvalue weighted by Gasteiger charge is 2.40. The molecule has 34 heavy (non-hydrogen) atoms. The number of fused-ring (bicyclic) bond motifs is 1. The summed E-state index contributed by atoms with van der Waals surface area (Å²) in [5.41, 5.74) is 3.06. The molecule has 14 heteroatoms. The van der Waals surface area contributed by atoms with Crippen molar-refractivity contribution in [2.24, 2.45) is 0 Å². The fourth-order valence-electron chi connectivity index (χ4n) is 3.21. The van der Waals surface area contributed by atoms with Gasteiger partial charge in [0.25, 0.3) is 0 Å². The fraction of sp³-hybridized carbons (Fsp3) is 0.200. The number of aromatic nitrogens is 5. The van der Waals surface area contributed by atoms with Gasteiger partial charge in [0.05, 0.1) is 17.6 Å². The van der Waals surface area contributed by atoms with E-state index >= 15 is 0 Å². The third kappa shape index (κ3) is 5.23. The molecule has 0 amide bonds. The number of nitrogens with one attached hydrogen (secondary N) is 2. The van der Waals surface area contributed by atoms with Crippen molar-refractivity contribution < 1.29 is 31.1 Å². The predicted molar refractivity (Wildman–Crippen MR) is 113 cm³/mol. The number of pyridine rings is 1. The number of H-pyrrole nitrogens is 1. The van der Waals surface area contributed by atoms with Crippen molar-refractivity contribution in [2.45, 2.75) is 17.6 Å². The number of ether oxygens (including phenoxy) is 1. The molecule has 0 radical (unpaired) electrons. The maximum atomic E-state index is 12.4. The molecule has 0 saturated heterocycles. The Morgan fingerprint density at radius 2 is 1.91 bits per heavy atom. The highest BCUT2D eigenvalue weighted by Crippen LogP contribution is 2.29. The summed E-state index contributed by atoms with van der Waals surface area (Å²) in [6.07, 6.45) is -0.204. The number of rotatable bonds is 8. The lowest BCUT2D eigenvalue weighted by Gasteiger charge is -2.10. The van der Waals surface area contributed by atoms with Gasteiger partial charge in [-0.25, -0.2) is 27.6 Å². The molecule has 0 spiro atoms. The Morgan fingerprint density at radius 1 is 1.15 bits per heavy atom. The van der Waals surface area contributed by atoms with Crippen LogP contribution in [0.3, 0.4) is 0 Å². The Bertz CT molecular complexity index is 1400. The first-order valence-electron chi connectivity index (χ1n) is 9.78. The van der Waals surface area contributed by atoms with E-state index in [1.54, 1.807) is 41.5 Å². The van der Waals surface area contributed by atoms with Crippen LogP contribution >= 0.6 is 0 Å². The third-order valence-electron chi connectivity index (χ3n) is 4.73. The van der Waals surface area contributed by atoms with Crippen molar-refractivity contribution in [2.75, 3.05) is 13.2 Å². The predicted octanol–water partition coefficient (Wildman–Crippen LogP) is 2.25. The smallest absolute Gasteiger partial charge is 0.458 e. The molecule has 1 aromatic carbocycles. The zero-order valence-electron chi connectivity index (χ0n) is 17.3. The number of alkyl halides is 3. The molecule has 0 saturated carbocycles. The van der Waals surface area contributed by atoms with Crippen LogP contribution in [0.25, 0.3) is 22.2 Å². The van der Waals surface area contributed by atoms with Gasteiger partial charge in [0.15, 0.2) is 0 Å². The van der Waals surface area contributed by atoms with Crippen LogP contribution in [-0.4, -0.2) is 58.7 Å². The normalized spacial score (nSPS) is 12.2. The summed E-state index contributed by atoms with van der Waals surface area (Å²) < 4.78 is 68.8. The van der Waals surface area contributed by atoms with Gasteiger partial charge >= 0.3 is 12.1 Å². The molecule has 178 valence electrons. The number of sulfonamides is 1. The zero-order valence-corrected chi connectivity index (χ0v) is 18.1. The van der Waals surface area contributed by atoms with Crippen LogP contribution in [-0.2, 0) is 26.1 Å². The average Bonchev–Trinajstić information content (AvgIpc) is 3.45. The maximum Gasteiger partial charge on any atom is 0.490 e. The number of esters is 1. The summed E-state index contributed by atoms with van der Waals surface area (Å²) in [6.45, 7) is -0.791. The van der Waals surface area contributed by atoms with E-state index in [1.165, 1.54) is 12.1 Å². The molecule has 0 aliphatic heterocycles. The van der Waals surface area contributed by atoms with E-state index in [1.807, 2.05) is 6.07 Å². The van der Waals surface area contributed by atoms with Gasteiger partial charge in [-0.05, 0) is 35.4 Å². The van der Waals surface area contributed by atoms with Crippen molar-refractivity contribution >= 4 is 27.0 Å². The van der Waals surface area contributed by atoms with Gasteiger partial charge < -0.3 is 9.72 Å². The molecule has 4 aromatic rings. The molecule has 0 unspecified atom stereocenters. The van der Waals surface area contributed by atoms with Crippen molar-refractivity contribution in [1.29, 1.82) is 0 Å². The maximum absolute atomic E-state index is 12.4. The van der Waals surface area contributed by atoms with E-state index in [0.29, 0.717) is 12.2 Å². The van der Waals surface area contributed by atoms with Gasteiger partial charge in [-0.2, -0.15) is 13.2 Å². The minimum atomic E-state index is -5.14. The molecule has 2 N–H and O–H groups in total. The van der Waals surface area contributed by atoms with Crippen molar-refractivity contribution in [3.63, 3.8) is 0 Å². The van der Waals surface area contributed by atoms with E-state index in [-0.39, 0.29) is 4.90 Å². The molecule has 0 bridgehead atoms. The minimum absolute atomic E-state index is 0.0929. The summed E-state index contributed by atoms with van der Waals surface area (Å²) in [6, 6.07) is 9.68. The van der Waals surface area contributed by atoms with Gasteiger partial charge in [-0.3, -0.25) is 0 Å². The van der Waals surface area contributed by atoms with E-state index in [4.69, 9.17) is 0 Å². The highest BCUT2D eigenvalue weighted by atomic mass is 32.2. The molecule has 0 aliphatic rings. The van der Waals surface area contributed by atoms with Crippen molar-refractivity contribution in [1.82, 2.24) is 29.7 Å². The SMILES string of the molecule is O=C(OCCNS(=O)(=O)c1ccc(-c2ccnc3[nH]c(Cn4ccnn4)cc23)cc1)C(F)(F)F. The second kappa shape index (κ2) is 9.23. The first-order valence-corrected chi connectivity index (χ1v) is 11.3. The minimum Gasteiger partial charge on any atom is -0.458 e. The Morgan fingerprint density at radius 3 is 2.59 bits per heavy atom. The number of carbonyl (C=O) groups excluding carboxylic acids is 1. The van der Waals surface area contributed by atoms with Crippen LogP contribution in [0.5, 0.6) is 0 Å². The molecule has 0 atom stereocenters. The summed E-state index contributed by atoms with van der Waals surface area (Å²) in [5, 5.41) is 8.53. The molecular formula is C20H17F3N6O4S. The van der Waals surface area contributed by atoms with Crippen molar-refractivity contribution in [3.05, 3.63) is 60.7 Å². The number of benzene rings is 1. The monoisotopic (exact) mass is 494 g/mol. The second-order valence-electron chi connectivity index (χ2n) is 7.07. The number of nitrogens with zero attached hydrogens (tertiary/aromatic N) is 4. The lowest BCUT2D eigenvalue weighted by Crippen LogP contribution is -2.31. The van der Waals surface area contributed by atoms with Crippen molar-refractivity contribution in [3.8, 4) is 11.1 Å². The molecule has 3 heterocycles. The number of aromatic amines is 1. The van der Waals surface area contributed by atoms with Crippen LogP contribution in [0, 0.1) is 0 Å². The quantitative estimate of drug-likeness (QED) is 0.284. The van der Waals surface area contributed by atoms with E-state index in [0.717, 1.165) is 22.2 Å². The summed E-state index contributed by atoms with van der Waals surface area (Å²) in [5.74, 6) is -2.38. The first-order chi connectivity index (χ1) is 16.1. The number of hydrogen-bond acceptors (Lipinski definition) is 7. The van der Waals surface area contributed by atoms with Crippen LogP contribution in [0.15, 0.2) is 59.9 Å². The Balaban J connectivity index is 1.46. The molecular weight excluding hydrogens is 477 g/mol. The third-order valence-corrected chi connectivity index (χ3v) is 6.20. The number of halogens is 3. The standard InChI is InChI=1S/C20H17F3N6O4S/c21-20(22,23)19(30)33-10-8-26-34(31,32)15-3-1-13(2-4-15)16-5-6-24-18-17(16)11-14(27-18)12-29-9-7-25-28-29/h1-7,9,11,26H,8,10,12H2,(H,24,27). The van der Waals surface area contributed by atoms with Crippen LogP contribution < -0.4 is 4.72 Å². The summed E-state index contributed by atoms with van der Waals surface area (Å²) >= 11 is 0. The molecule has 0 fully saturated rings. The van der Waals surface area contributed by atoms with E-state index in [9.17, 15) is 26.4 Å². The van der Waals surface area contributed by atoms with Gasteiger partial charge in [0, 0.05) is 30.0 Å². The van der Waals surface area contributed by atoms with Gasteiger partial charge in [0.1, 0.15) is 12.3 Å².